The standard InChI is InChI=1S/C15H20B2N2/c1-6-10-18-14-11(7-2)12(8-3)15(13(14)9-4)19-17-16-5/h12H,1,5,7-9H2,2-4H3. The van der Waals surface area contributed by atoms with Gasteiger partial charge in [0.05, 0.1) is 0 Å². The molecule has 1 unspecified atom stereocenters. The SMILES string of the molecule is C=BB=NC1=C(CC)C(N=C=C=C)=C(CC)C1CC. The van der Waals surface area contributed by atoms with Crippen molar-refractivity contribution in [2.75, 3.05) is 0 Å². The van der Waals surface area contributed by atoms with Crippen molar-refractivity contribution in [1.29, 1.82) is 0 Å². The normalized spacial score (nSPS) is 18.2. The molecule has 0 saturated carbocycles. The van der Waals surface area contributed by atoms with Crippen LogP contribution < -0.4 is 0 Å². The van der Waals surface area contributed by atoms with E-state index >= 15 is 0 Å². The van der Waals surface area contributed by atoms with Crippen LogP contribution in [0.25, 0.3) is 0 Å². The van der Waals surface area contributed by atoms with Gasteiger partial charge in [0, 0.05) is 0 Å². The average Bonchev–Trinajstić information content (AvgIpc) is 2.74. The first kappa shape index (κ1) is 15.6. The van der Waals surface area contributed by atoms with Crippen LogP contribution in [0.15, 0.2) is 44.7 Å². The van der Waals surface area contributed by atoms with Crippen LogP contribution in [-0.4, -0.2) is 26.1 Å². The number of hydrogen-bond acceptors (Lipinski definition) is 2. The minimum absolute atomic E-state index is 0.363. The minimum atomic E-state index is 0.363. The molecule has 0 aromatic carbocycles. The van der Waals surface area contributed by atoms with Gasteiger partial charge in [-0.2, -0.15) is 0 Å². The molecule has 0 saturated heterocycles. The molecule has 1 atom stereocenters. The van der Waals surface area contributed by atoms with E-state index in [2.05, 4.69) is 55.3 Å². The quantitative estimate of drug-likeness (QED) is 0.392. The summed E-state index contributed by atoms with van der Waals surface area (Å²) in [7, 11) is 0. The second kappa shape index (κ2) is 7.84. The van der Waals surface area contributed by atoms with Crippen molar-refractivity contribution in [2.24, 2.45) is 15.8 Å². The summed E-state index contributed by atoms with van der Waals surface area (Å²) in [6, 6.07) is 0. The summed E-state index contributed by atoms with van der Waals surface area (Å²) >= 11 is 0. The summed E-state index contributed by atoms with van der Waals surface area (Å²) in [4.78, 5) is 8.97. The number of allylic oxidation sites excluding steroid dienone is 2. The number of rotatable bonds is 6. The third-order valence-electron chi connectivity index (χ3n) is 3.36. The van der Waals surface area contributed by atoms with Crippen molar-refractivity contribution in [3.05, 3.63) is 34.9 Å². The molecule has 1 aliphatic carbocycles. The van der Waals surface area contributed by atoms with Gasteiger partial charge < -0.3 is 0 Å². The molecule has 0 aromatic rings. The van der Waals surface area contributed by atoms with E-state index < -0.39 is 0 Å². The van der Waals surface area contributed by atoms with Crippen LogP contribution in [0.4, 0.5) is 0 Å². The maximum absolute atomic E-state index is 4.57. The van der Waals surface area contributed by atoms with Crippen molar-refractivity contribution >= 4 is 26.1 Å². The molecule has 0 N–H and O–H groups in total. The van der Waals surface area contributed by atoms with Crippen LogP contribution in [0.2, 0.25) is 0 Å². The van der Waals surface area contributed by atoms with Gasteiger partial charge in [-0.1, -0.05) is 0 Å². The molecule has 2 nitrogen and oxygen atoms in total. The van der Waals surface area contributed by atoms with Crippen molar-refractivity contribution in [1.82, 2.24) is 0 Å². The molecule has 0 bridgehead atoms. The van der Waals surface area contributed by atoms with E-state index in [9.17, 15) is 0 Å². The third-order valence-corrected chi connectivity index (χ3v) is 3.36. The first-order chi connectivity index (χ1) is 9.24. The Morgan fingerprint density at radius 2 is 2.00 bits per heavy atom. The summed E-state index contributed by atoms with van der Waals surface area (Å²) in [5.74, 6) is 3.10. The Labute approximate surface area is 117 Å². The molecule has 0 heterocycles. The van der Waals surface area contributed by atoms with Gasteiger partial charge in [0.1, 0.15) is 0 Å². The van der Waals surface area contributed by atoms with E-state index in [-0.39, 0.29) is 0 Å². The van der Waals surface area contributed by atoms with Gasteiger partial charge in [0.25, 0.3) is 0 Å². The van der Waals surface area contributed by atoms with Crippen molar-refractivity contribution < 1.29 is 0 Å². The van der Waals surface area contributed by atoms with Gasteiger partial charge in [-0.05, 0) is 0 Å². The van der Waals surface area contributed by atoms with E-state index in [1.807, 2.05) is 0 Å². The molecule has 0 aromatic heterocycles. The number of hydrogen-bond donors (Lipinski definition) is 0. The summed E-state index contributed by atoms with van der Waals surface area (Å²) in [6.45, 7) is 17.2. The van der Waals surface area contributed by atoms with E-state index in [0.29, 0.717) is 5.92 Å². The fourth-order valence-electron chi connectivity index (χ4n) is 2.59. The van der Waals surface area contributed by atoms with Crippen LogP contribution in [-0.2, 0) is 0 Å². The maximum atomic E-state index is 4.57. The van der Waals surface area contributed by atoms with Crippen LogP contribution in [0.1, 0.15) is 40.0 Å². The van der Waals surface area contributed by atoms with Gasteiger partial charge in [0.2, 0.25) is 0 Å². The Hall–Kier alpha value is -1.49. The van der Waals surface area contributed by atoms with E-state index in [0.717, 1.165) is 30.7 Å². The summed E-state index contributed by atoms with van der Waals surface area (Å²) in [5.41, 5.74) is 7.32. The zero-order valence-electron chi connectivity index (χ0n) is 12.2. The topological polar surface area (TPSA) is 24.7 Å². The van der Waals surface area contributed by atoms with Gasteiger partial charge in [-0.15, -0.1) is 0 Å². The van der Waals surface area contributed by atoms with Gasteiger partial charge >= 0.3 is 117 Å². The molecule has 1 aliphatic rings. The zero-order valence-corrected chi connectivity index (χ0v) is 12.2. The van der Waals surface area contributed by atoms with Gasteiger partial charge in [-0.25, -0.2) is 0 Å². The molecule has 1 rings (SSSR count). The van der Waals surface area contributed by atoms with Crippen molar-refractivity contribution in [3.63, 3.8) is 0 Å². The molecular weight excluding hydrogens is 230 g/mol. The fourth-order valence-corrected chi connectivity index (χ4v) is 2.59. The van der Waals surface area contributed by atoms with Crippen molar-refractivity contribution in [2.45, 2.75) is 40.0 Å². The average molecular weight is 250 g/mol. The summed E-state index contributed by atoms with van der Waals surface area (Å²) < 4.78 is 0. The zero-order chi connectivity index (χ0) is 14.3. The van der Waals surface area contributed by atoms with Crippen LogP contribution >= 0.6 is 0 Å². The second-order valence-electron chi connectivity index (χ2n) is 4.32. The van der Waals surface area contributed by atoms with Gasteiger partial charge in [-0.3, -0.25) is 0 Å². The molecule has 0 spiro atoms. The van der Waals surface area contributed by atoms with E-state index in [1.54, 1.807) is 13.8 Å². The monoisotopic (exact) mass is 250 g/mol. The predicted molar refractivity (Wildman–Crippen MR) is 86.0 cm³/mol. The molecule has 0 aliphatic heterocycles. The molecule has 4 heteroatoms. The second-order valence-corrected chi connectivity index (χ2v) is 4.32. The molecule has 0 radical (unpaired) electrons. The Kier molecular flexibility index (Phi) is 6.42. The first-order valence-electron chi connectivity index (χ1n) is 6.84. The van der Waals surface area contributed by atoms with E-state index in [4.69, 9.17) is 0 Å². The third kappa shape index (κ3) is 3.29. The number of aliphatic imine (C=N–C) groups is 1. The molecule has 0 fully saturated rings. The molecule has 19 heavy (non-hydrogen) atoms. The molecule has 96 valence electrons. The Bertz CT molecular complexity index is 528. The van der Waals surface area contributed by atoms with Crippen LogP contribution in [0.5, 0.6) is 0 Å². The summed E-state index contributed by atoms with van der Waals surface area (Å²) in [6.07, 6.45) is 2.93. The Morgan fingerprint density at radius 1 is 1.26 bits per heavy atom. The predicted octanol–water partition coefficient (Wildman–Crippen LogP) is 3.30. The molecular formula is C15H20B2N2. The summed E-state index contributed by atoms with van der Waals surface area (Å²) in [5, 5.41) is 0. The van der Waals surface area contributed by atoms with Gasteiger partial charge in [0.15, 0.2) is 0 Å². The molecule has 0 amide bonds. The van der Waals surface area contributed by atoms with Crippen molar-refractivity contribution in [3.8, 4) is 0 Å². The number of nitrogens with zero attached hydrogens (tertiary/aromatic N) is 2. The van der Waals surface area contributed by atoms with Crippen LogP contribution in [0, 0.1) is 5.92 Å². The first-order valence-corrected chi connectivity index (χ1v) is 6.84. The fraction of sp³-hybridized carbons (Fsp3) is 0.467. The van der Waals surface area contributed by atoms with E-state index in [1.165, 1.54) is 11.1 Å². The Balaban J connectivity index is 3.44. The van der Waals surface area contributed by atoms with Crippen LogP contribution in [0.3, 0.4) is 0 Å². The Morgan fingerprint density at radius 3 is 2.47 bits per heavy atom.